The minimum atomic E-state index is -0.423. The molecular formula is C30H30FN7O3. The number of rotatable bonds is 8. The fourth-order valence-electron chi connectivity index (χ4n) is 5.05. The van der Waals surface area contributed by atoms with Crippen LogP contribution in [-0.2, 0) is 6.54 Å². The number of benzene rings is 2. The van der Waals surface area contributed by atoms with Crippen molar-refractivity contribution in [2.75, 3.05) is 37.0 Å². The number of aliphatic hydroxyl groups excluding tert-OH is 1. The first kappa shape index (κ1) is 26.5. The number of aromatic nitrogens is 5. The molecule has 6 rings (SSSR count). The molecule has 0 spiro atoms. The largest absolute Gasteiger partial charge is 0.497 e. The van der Waals surface area contributed by atoms with E-state index in [1.807, 2.05) is 30.3 Å². The number of fused-ring (bicyclic) bond motifs is 1. The highest BCUT2D eigenvalue weighted by molar-refractivity contribution is 6.03. The Morgan fingerprint density at radius 3 is 2.63 bits per heavy atom. The summed E-state index contributed by atoms with van der Waals surface area (Å²) < 4.78 is 21.4. The Balaban J connectivity index is 1.24. The van der Waals surface area contributed by atoms with Gasteiger partial charge in [-0.05, 0) is 60.7 Å². The van der Waals surface area contributed by atoms with Gasteiger partial charge in [0.05, 0.1) is 24.7 Å². The molecule has 1 aliphatic rings. The van der Waals surface area contributed by atoms with E-state index in [0.717, 1.165) is 43.1 Å². The van der Waals surface area contributed by atoms with Gasteiger partial charge in [-0.3, -0.25) is 9.48 Å². The molecule has 4 heterocycles. The van der Waals surface area contributed by atoms with Crippen molar-refractivity contribution in [3.8, 4) is 17.3 Å². The number of carbonyl (C=O) groups excluding carboxylic acids is 1. The Hall–Kier alpha value is -4.77. The van der Waals surface area contributed by atoms with Gasteiger partial charge in [-0.2, -0.15) is 5.10 Å². The van der Waals surface area contributed by atoms with Gasteiger partial charge in [0.25, 0.3) is 5.91 Å². The van der Waals surface area contributed by atoms with Gasteiger partial charge in [-0.25, -0.2) is 14.4 Å². The molecule has 0 saturated carbocycles. The van der Waals surface area contributed by atoms with Crippen LogP contribution in [-0.4, -0.2) is 62.6 Å². The van der Waals surface area contributed by atoms with E-state index >= 15 is 0 Å². The van der Waals surface area contributed by atoms with E-state index in [2.05, 4.69) is 30.3 Å². The summed E-state index contributed by atoms with van der Waals surface area (Å²) >= 11 is 0. The van der Waals surface area contributed by atoms with E-state index in [-0.39, 0.29) is 18.0 Å². The predicted molar refractivity (Wildman–Crippen MR) is 154 cm³/mol. The lowest BCUT2D eigenvalue weighted by atomic mass is 9.98. The lowest BCUT2D eigenvalue weighted by molar-refractivity contribution is 0.102. The van der Waals surface area contributed by atoms with E-state index in [9.17, 15) is 14.3 Å². The molecule has 10 nitrogen and oxygen atoms in total. The number of carbonyl (C=O) groups is 1. The van der Waals surface area contributed by atoms with Crippen LogP contribution >= 0.6 is 0 Å². The number of pyridine rings is 1. The third kappa shape index (κ3) is 5.62. The first-order chi connectivity index (χ1) is 20.0. The first-order valence-corrected chi connectivity index (χ1v) is 13.5. The second-order valence-electron chi connectivity index (χ2n) is 10.1. The van der Waals surface area contributed by atoms with Gasteiger partial charge in [0.2, 0.25) is 0 Å². The van der Waals surface area contributed by atoms with Gasteiger partial charge >= 0.3 is 0 Å². The zero-order valence-corrected chi connectivity index (χ0v) is 22.5. The van der Waals surface area contributed by atoms with Crippen molar-refractivity contribution >= 4 is 28.6 Å². The summed E-state index contributed by atoms with van der Waals surface area (Å²) in [6.45, 7) is 2.25. The van der Waals surface area contributed by atoms with E-state index in [1.165, 1.54) is 6.07 Å². The molecule has 1 fully saturated rings. The minimum Gasteiger partial charge on any atom is -0.497 e. The summed E-state index contributed by atoms with van der Waals surface area (Å²) in [6.07, 6.45) is 3.39. The minimum absolute atomic E-state index is 0.213. The topological polar surface area (TPSA) is 121 Å². The maximum absolute atomic E-state index is 14.4. The lowest BCUT2D eigenvalue weighted by Crippen LogP contribution is -2.35. The number of aromatic amines is 1. The molecular weight excluding hydrogens is 525 g/mol. The molecule has 2 aromatic carbocycles. The van der Waals surface area contributed by atoms with Crippen molar-refractivity contribution in [3.63, 3.8) is 0 Å². The number of para-hydroxylation sites is 1. The Morgan fingerprint density at radius 2 is 1.95 bits per heavy atom. The van der Waals surface area contributed by atoms with Gasteiger partial charge in [-0.1, -0.05) is 18.2 Å². The van der Waals surface area contributed by atoms with Crippen LogP contribution in [0.3, 0.4) is 0 Å². The number of ether oxygens (including phenoxy) is 1. The summed E-state index contributed by atoms with van der Waals surface area (Å²) in [5.41, 5.74) is 2.74. The highest BCUT2D eigenvalue weighted by Crippen LogP contribution is 2.27. The van der Waals surface area contributed by atoms with Crippen LogP contribution in [0.15, 0.2) is 66.9 Å². The second kappa shape index (κ2) is 11.4. The number of hydrogen-bond acceptors (Lipinski definition) is 7. The molecule has 1 saturated heterocycles. The number of aliphatic hydroxyl groups is 1. The maximum atomic E-state index is 14.4. The highest BCUT2D eigenvalue weighted by Gasteiger charge is 2.21. The van der Waals surface area contributed by atoms with E-state index in [1.54, 1.807) is 42.3 Å². The van der Waals surface area contributed by atoms with Gasteiger partial charge in [0.15, 0.2) is 17.5 Å². The maximum Gasteiger partial charge on any atom is 0.258 e. The summed E-state index contributed by atoms with van der Waals surface area (Å²) in [4.78, 5) is 27.4. The molecule has 1 aliphatic heterocycles. The monoisotopic (exact) mass is 555 g/mol. The summed E-state index contributed by atoms with van der Waals surface area (Å²) in [5, 5.41) is 16.9. The molecule has 11 heteroatoms. The van der Waals surface area contributed by atoms with Crippen molar-refractivity contribution in [2.45, 2.75) is 19.4 Å². The average Bonchev–Trinajstić information content (AvgIpc) is 3.62. The van der Waals surface area contributed by atoms with Crippen LogP contribution in [0, 0.1) is 11.7 Å². The fourth-order valence-corrected chi connectivity index (χ4v) is 5.05. The summed E-state index contributed by atoms with van der Waals surface area (Å²) in [6, 6.07) is 17.6. The standard InChI is InChI=1S/C30H30FN7O3/c1-41-22-8-5-19(6-9-22)17-38-25(29-33-24-4-2-3-23(31)28(24)35-29)15-26(36-38)34-30(40)21-7-10-27(32-16-21)37-13-11-20(18-39)12-14-37/h2-10,15-16,20,39H,11-14,17-18H2,1H3,(H,33,35)(H,34,36,40). The fraction of sp³-hybridized carbons (Fsp3) is 0.267. The smallest absolute Gasteiger partial charge is 0.258 e. The molecule has 41 heavy (non-hydrogen) atoms. The van der Waals surface area contributed by atoms with Crippen LogP contribution < -0.4 is 15.0 Å². The first-order valence-electron chi connectivity index (χ1n) is 13.5. The zero-order valence-electron chi connectivity index (χ0n) is 22.5. The van der Waals surface area contributed by atoms with Crippen LogP contribution in [0.1, 0.15) is 28.8 Å². The molecule has 0 aliphatic carbocycles. The van der Waals surface area contributed by atoms with Crippen molar-refractivity contribution in [2.24, 2.45) is 5.92 Å². The number of H-pyrrole nitrogens is 1. The van der Waals surface area contributed by atoms with E-state index < -0.39 is 5.82 Å². The van der Waals surface area contributed by atoms with Crippen LogP contribution in [0.5, 0.6) is 5.75 Å². The van der Waals surface area contributed by atoms with Crippen molar-refractivity contribution in [1.29, 1.82) is 0 Å². The van der Waals surface area contributed by atoms with Crippen LogP contribution in [0.4, 0.5) is 16.0 Å². The quantitative estimate of drug-likeness (QED) is 0.258. The number of methoxy groups -OCH3 is 1. The average molecular weight is 556 g/mol. The van der Waals surface area contributed by atoms with Crippen molar-refractivity contribution in [1.82, 2.24) is 24.7 Å². The molecule has 5 aromatic rings. The normalized spacial score (nSPS) is 14.0. The van der Waals surface area contributed by atoms with Gasteiger partial charge in [0.1, 0.15) is 22.8 Å². The number of imidazole rings is 1. The molecule has 0 atom stereocenters. The zero-order chi connectivity index (χ0) is 28.3. The summed E-state index contributed by atoms with van der Waals surface area (Å²) in [5.74, 6) is 1.87. The molecule has 0 unspecified atom stereocenters. The SMILES string of the molecule is COc1ccc(Cn2nc(NC(=O)c3ccc(N4CCC(CO)CC4)nc3)cc2-c2nc3c(F)cccc3[nH]2)cc1. The molecule has 3 N–H and O–H groups in total. The van der Waals surface area contributed by atoms with E-state index in [0.29, 0.717) is 40.9 Å². The van der Waals surface area contributed by atoms with Gasteiger partial charge < -0.3 is 25.0 Å². The van der Waals surface area contributed by atoms with Crippen LogP contribution in [0.2, 0.25) is 0 Å². The number of piperidine rings is 1. The molecule has 0 bridgehead atoms. The third-order valence-corrected chi connectivity index (χ3v) is 7.43. The van der Waals surface area contributed by atoms with Gasteiger partial charge in [0, 0.05) is 32.0 Å². The van der Waals surface area contributed by atoms with Crippen molar-refractivity contribution < 1.29 is 19.0 Å². The van der Waals surface area contributed by atoms with E-state index in [4.69, 9.17) is 4.74 Å². The number of nitrogens with one attached hydrogen (secondary N) is 2. The number of hydrogen-bond donors (Lipinski definition) is 3. The Bertz CT molecular complexity index is 1660. The van der Waals surface area contributed by atoms with Gasteiger partial charge in [-0.15, -0.1) is 0 Å². The number of nitrogens with zero attached hydrogens (tertiary/aromatic N) is 5. The molecule has 0 radical (unpaired) electrons. The highest BCUT2D eigenvalue weighted by atomic mass is 19.1. The van der Waals surface area contributed by atoms with Crippen LogP contribution in [0.25, 0.3) is 22.6 Å². The van der Waals surface area contributed by atoms with Crippen molar-refractivity contribution in [3.05, 3.63) is 83.8 Å². The molecule has 3 aromatic heterocycles. The Labute approximate surface area is 235 Å². The lowest BCUT2D eigenvalue weighted by Gasteiger charge is -2.31. The number of halogens is 1. The second-order valence-corrected chi connectivity index (χ2v) is 10.1. The summed E-state index contributed by atoms with van der Waals surface area (Å²) in [7, 11) is 1.61. The Morgan fingerprint density at radius 1 is 1.15 bits per heavy atom. The Kier molecular flexibility index (Phi) is 7.34. The molecule has 210 valence electrons. The number of amides is 1. The number of anilines is 2. The predicted octanol–water partition coefficient (Wildman–Crippen LogP) is 4.48. The molecule has 1 amide bonds. The third-order valence-electron chi connectivity index (χ3n) is 7.43.